The third-order valence-electron chi connectivity index (χ3n) is 3.24. The molecular formula is C10H18O. The molecule has 1 nitrogen and oxygen atoms in total. The predicted molar refractivity (Wildman–Crippen MR) is 46.4 cm³/mol. The molecule has 0 aromatic heterocycles. The minimum atomic E-state index is 0.346. The molecule has 0 aromatic rings. The fourth-order valence-electron chi connectivity index (χ4n) is 2.38. The van der Waals surface area contributed by atoms with Crippen LogP contribution in [0.15, 0.2) is 0 Å². The molecule has 1 rings (SSSR count). The van der Waals surface area contributed by atoms with Crippen LogP contribution in [-0.2, 0) is 4.79 Å². The third-order valence-corrected chi connectivity index (χ3v) is 3.24. The van der Waals surface area contributed by atoms with Crippen LogP contribution in [0.3, 0.4) is 0 Å². The molecule has 0 radical (unpaired) electrons. The number of hydrogen-bond acceptors (Lipinski definition) is 1. The van der Waals surface area contributed by atoms with Gasteiger partial charge < -0.3 is 4.79 Å². The van der Waals surface area contributed by atoms with E-state index in [1.54, 1.807) is 6.92 Å². The topological polar surface area (TPSA) is 17.1 Å². The molecule has 2 atom stereocenters. The molecule has 0 bridgehead atoms. The Morgan fingerprint density at radius 1 is 1.36 bits per heavy atom. The van der Waals surface area contributed by atoms with Gasteiger partial charge in [0.05, 0.1) is 0 Å². The smallest absolute Gasteiger partial charge is 0.130 e. The van der Waals surface area contributed by atoms with Gasteiger partial charge in [-0.05, 0) is 24.2 Å². The lowest BCUT2D eigenvalue weighted by Crippen LogP contribution is -1.96. The van der Waals surface area contributed by atoms with Gasteiger partial charge in [-0.1, -0.05) is 27.2 Å². The molecule has 1 aliphatic carbocycles. The van der Waals surface area contributed by atoms with Crippen LogP contribution in [0.5, 0.6) is 0 Å². The van der Waals surface area contributed by atoms with Gasteiger partial charge in [0.15, 0.2) is 0 Å². The number of Topliss-reactive ketones (excluding diaryl/α,β-unsaturated/α-hetero) is 1. The first-order valence-corrected chi connectivity index (χ1v) is 4.49. The van der Waals surface area contributed by atoms with Crippen molar-refractivity contribution in [3.05, 3.63) is 0 Å². The highest BCUT2D eigenvalue weighted by molar-refractivity contribution is 5.76. The summed E-state index contributed by atoms with van der Waals surface area (Å²) in [7, 11) is 0. The Kier molecular flexibility index (Phi) is 2.08. The SMILES string of the molecule is CC[C@H]1[C@@H](CC(C)=O)C1(C)C. The Labute approximate surface area is 69.2 Å². The summed E-state index contributed by atoms with van der Waals surface area (Å²) in [5.41, 5.74) is 0.445. The van der Waals surface area contributed by atoms with Crippen LogP contribution in [0.4, 0.5) is 0 Å². The van der Waals surface area contributed by atoms with Crippen LogP contribution in [0, 0.1) is 17.3 Å². The van der Waals surface area contributed by atoms with E-state index in [4.69, 9.17) is 0 Å². The van der Waals surface area contributed by atoms with Gasteiger partial charge in [-0.15, -0.1) is 0 Å². The van der Waals surface area contributed by atoms with E-state index in [-0.39, 0.29) is 0 Å². The second-order valence-electron chi connectivity index (χ2n) is 4.35. The molecule has 0 saturated heterocycles. The molecule has 0 amide bonds. The van der Waals surface area contributed by atoms with Crippen LogP contribution in [0.1, 0.15) is 40.5 Å². The quantitative estimate of drug-likeness (QED) is 0.610. The van der Waals surface area contributed by atoms with Gasteiger partial charge in [-0.2, -0.15) is 0 Å². The van der Waals surface area contributed by atoms with Crippen LogP contribution in [0.25, 0.3) is 0 Å². The lowest BCUT2D eigenvalue weighted by molar-refractivity contribution is -0.117. The van der Waals surface area contributed by atoms with E-state index < -0.39 is 0 Å². The van der Waals surface area contributed by atoms with Gasteiger partial charge in [0.2, 0.25) is 0 Å². The molecule has 0 aromatic carbocycles. The van der Waals surface area contributed by atoms with Crippen molar-refractivity contribution in [2.24, 2.45) is 17.3 Å². The molecule has 1 heteroatoms. The standard InChI is InChI=1S/C10H18O/c1-5-8-9(6-7(2)11)10(8,3)4/h8-9H,5-6H2,1-4H3/t8-,9+/m0/s1. The lowest BCUT2D eigenvalue weighted by atomic mass is 10.1. The Balaban J connectivity index is 2.46. The van der Waals surface area contributed by atoms with Gasteiger partial charge in [-0.3, -0.25) is 0 Å². The molecular weight excluding hydrogens is 136 g/mol. The van der Waals surface area contributed by atoms with Crippen molar-refractivity contribution < 1.29 is 4.79 Å². The van der Waals surface area contributed by atoms with E-state index >= 15 is 0 Å². The van der Waals surface area contributed by atoms with Crippen LogP contribution < -0.4 is 0 Å². The Morgan fingerprint density at radius 3 is 2.18 bits per heavy atom. The summed E-state index contributed by atoms with van der Waals surface area (Å²) in [4.78, 5) is 10.8. The second kappa shape index (κ2) is 2.62. The first-order chi connectivity index (χ1) is 5.00. The molecule has 1 saturated carbocycles. The molecule has 0 aliphatic heterocycles. The van der Waals surface area contributed by atoms with Gasteiger partial charge >= 0.3 is 0 Å². The monoisotopic (exact) mass is 154 g/mol. The van der Waals surface area contributed by atoms with E-state index in [2.05, 4.69) is 20.8 Å². The van der Waals surface area contributed by atoms with Crippen molar-refractivity contribution in [2.75, 3.05) is 0 Å². The third kappa shape index (κ3) is 1.47. The molecule has 0 heterocycles. The summed E-state index contributed by atoms with van der Waals surface area (Å²) < 4.78 is 0. The fourth-order valence-corrected chi connectivity index (χ4v) is 2.38. The van der Waals surface area contributed by atoms with Crippen LogP contribution in [-0.4, -0.2) is 5.78 Å². The zero-order chi connectivity index (χ0) is 8.65. The minimum absolute atomic E-state index is 0.346. The van der Waals surface area contributed by atoms with Crippen LogP contribution >= 0.6 is 0 Å². The van der Waals surface area contributed by atoms with Crippen molar-refractivity contribution in [2.45, 2.75) is 40.5 Å². The molecule has 0 spiro atoms. The van der Waals surface area contributed by atoms with Crippen LogP contribution in [0.2, 0.25) is 0 Å². The maximum absolute atomic E-state index is 10.8. The van der Waals surface area contributed by atoms with Gasteiger partial charge in [-0.25, -0.2) is 0 Å². The number of ketones is 1. The number of carbonyl (C=O) groups is 1. The highest BCUT2D eigenvalue weighted by Gasteiger charge is 2.55. The van der Waals surface area contributed by atoms with Gasteiger partial charge in [0.1, 0.15) is 5.78 Å². The molecule has 11 heavy (non-hydrogen) atoms. The van der Waals surface area contributed by atoms with Crippen molar-refractivity contribution in [3.8, 4) is 0 Å². The van der Waals surface area contributed by atoms with E-state index in [1.807, 2.05) is 0 Å². The largest absolute Gasteiger partial charge is 0.300 e. The Hall–Kier alpha value is -0.330. The molecule has 64 valence electrons. The summed E-state index contributed by atoms with van der Waals surface area (Å²) in [5, 5.41) is 0. The van der Waals surface area contributed by atoms with Gasteiger partial charge in [0.25, 0.3) is 0 Å². The maximum Gasteiger partial charge on any atom is 0.130 e. The zero-order valence-electron chi connectivity index (χ0n) is 7.98. The number of hydrogen-bond donors (Lipinski definition) is 0. The summed E-state index contributed by atoms with van der Waals surface area (Å²) in [6, 6.07) is 0. The summed E-state index contributed by atoms with van der Waals surface area (Å²) >= 11 is 0. The minimum Gasteiger partial charge on any atom is -0.300 e. The molecule has 0 N–H and O–H groups in total. The molecule has 1 fully saturated rings. The summed E-state index contributed by atoms with van der Waals surface area (Å²) in [6.45, 7) is 8.46. The first-order valence-electron chi connectivity index (χ1n) is 4.49. The fraction of sp³-hybridized carbons (Fsp3) is 0.900. The van der Waals surface area contributed by atoms with Crippen molar-refractivity contribution >= 4 is 5.78 Å². The second-order valence-corrected chi connectivity index (χ2v) is 4.35. The van der Waals surface area contributed by atoms with E-state index in [0.29, 0.717) is 17.1 Å². The van der Waals surface area contributed by atoms with Crippen molar-refractivity contribution in [3.63, 3.8) is 0 Å². The first kappa shape index (κ1) is 8.76. The zero-order valence-corrected chi connectivity index (χ0v) is 7.98. The lowest BCUT2D eigenvalue weighted by Gasteiger charge is -1.98. The Morgan fingerprint density at radius 2 is 1.91 bits per heavy atom. The number of carbonyl (C=O) groups excluding carboxylic acids is 1. The predicted octanol–water partition coefficient (Wildman–Crippen LogP) is 2.65. The van der Waals surface area contributed by atoms with Crippen molar-refractivity contribution in [1.82, 2.24) is 0 Å². The average molecular weight is 154 g/mol. The molecule has 1 aliphatic rings. The van der Waals surface area contributed by atoms with Gasteiger partial charge in [0, 0.05) is 6.42 Å². The van der Waals surface area contributed by atoms with E-state index in [1.165, 1.54) is 6.42 Å². The Bertz CT molecular complexity index is 170. The average Bonchev–Trinajstić information content (AvgIpc) is 2.33. The van der Waals surface area contributed by atoms with Crippen molar-refractivity contribution in [1.29, 1.82) is 0 Å². The summed E-state index contributed by atoms with van der Waals surface area (Å²) in [5.74, 6) is 1.82. The highest BCUT2D eigenvalue weighted by atomic mass is 16.1. The normalized spacial score (nSPS) is 33.5. The number of rotatable bonds is 3. The van der Waals surface area contributed by atoms with E-state index in [9.17, 15) is 4.79 Å². The van der Waals surface area contributed by atoms with E-state index in [0.717, 1.165) is 12.3 Å². The molecule has 0 unspecified atom stereocenters. The highest BCUT2D eigenvalue weighted by Crippen LogP contribution is 2.61. The maximum atomic E-state index is 10.8. The summed E-state index contributed by atoms with van der Waals surface area (Å²) in [6.07, 6.45) is 2.02.